The minimum Gasteiger partial charge on any atom is -0.351 e. The number of para-hydroxylation sites is 1. The maximum absolute atomic E-state index is 12.5. The number of benzene rings is 2. The second-order valence-corrected chi connectivity index (χ2v) is 11.3. The maximum atomic E-state index is 12.5. The highest BCUT2D eigenvalue weighted by atomic mass is 35.5. The molecule has 1 fully saturated rings. The summed E-state index contributed by atoms with van der Waals surface area (Å²) in [6, 6.07) is 12.0. The quantitative estimate of drug-likeness (QED) is 0.545. The van der Waals surface area contributed by atoms with Crippen molar-refractivity contribution in [2.24, 2.45) is 0 Å². The van der Waals surface area contributed by atoms with Crippen molar-refractivity contribution in [2.45, 2.75) is 11.8 Å². The van der Waals surface area contributed by atoms with E-state index in [0.717, 1.165) is 48.1 Å². The molecule has 1 aliphatic heterocycles. The van der Waals surface area contributed by atoms with E-state index in [4.69, 9.17) is 16.6 Å². The predicted molar refractivity (Wildman–Crippen MR) is 130 cm³/mol. The number of amides is 1. The first kappa shape index (κ1) is 23.0. The molecule has 170 valence electrons. The molecular formula is C22H25ClN4O3S2. The topological polar surface area (TPSA) is 82.6 Å². The predicted octanol–water partition coefficient (Wildman–Crippen LogP) is 3.30. The Hall–Kier alpha value is -2.20. The number of carbonyl (C=O) groups excluding carboxylic acids is 1. The minimum absolute atomic E-state index is 0.00804. The van der Waals surface area contributed by atoms with Crippen LogP contribution in [0.1, 0.15) is 17.3 Å². The number of hydrogen-bond donors (Lipinski definition) is 1. The number of nitrogens with one attached hydrogen (secondary N) is 1. The number of nitrogens with zero attached hydrogens (tertiary/aromatic N) is 3. The van der Waals surface area contributed by atoms with Gasteiger partial charge in [-0.15, -0.1) is 0 Å². The number of sulfone groups is 1. The Labute approximate surface area is 196 Å². The van der Waals surface area contributed by atoms with Crippen LogP contribution < -0.4 is 10.2 Å². The van der Waals surface area contributed by atoms with Crippen LogP contribution in [0.3, 0.4) is 0 Å². The Bertz CT molecular complexity index is 1220. The Kier molecular flexibility index (Phi) is 6.99. The number of anilines is 1. The van der Waals surface area contributed by atoms with Crippen LogP contribution >= 0.6 is 22.9 Å². The second-order valence-electron chi connectivity index (χ2n) is 7.60. The van der Waals surface area contributed by atoms with Gasteiger partial charge < -0.3 is 10.2 Å². The molecule has 1 amide bonds. The first-order chi connectivity index (χ1) is 15.4. The van der Waals surface area contributed by atoms with Gasteiger partial charge in [-0.1, -0.05) is 42.0 Å². The molecule has 0 saturated carbocycles. The van der Waals surface area contributed by atoms with Gasteiger partial charge in [0.2, 0.25) is 0 Å². The monoisotopic (exact) mass is 492 g/mol. The van der Waals surface area contributed by atoms with Gasteiger partial charge in [0, 0.05) is 44.8 Å². The van der Waals surface area contributed by atoms with Crippen molar-refractivity contribution in [2.75, 3.05) is 49.9 Å². The number of carbonyl (C=O) groups is 1. The van der Waals surface area contributed by atoms with Crippen molar-refractivity contribution >= 4 is 54.0 Å². The Morgan fingerprint density at radius 2 is 1.91 bits per heavy atom. The van der Waals surface area contributed by atoms with Gasteiger partial charge in [0.25, 0.3) is 5.91 Å². The zero-order chi connectivity index (χ0) is 22.7. The maximum Gasteiger partial charge on any atom is 0.251 e. The lowest BCUT2D eigenvalue weighted by molar-refractivity contribution is 0.0947. The molecule has 1 aliphatic rings. The third kappa shape index (κ3) is 5.06. The third-order valence-corrected chi connectivity index (χ3v) is 8.67. The average Bonchev–Trinajstić information content (AvgIpc) is 3.25. The lowest BCUT2D eigenvalue weighted by Crippen LogP contribution is -2.48. The van der Waals surface area contributed by atoms with E-state index in [2.05, 4.69) is 15.1 Å². The first-order valence-electron chi connectivity index (χ1n) is 10.5. The smallest absolute Gasteiger partial charge is 0.251 e. The number of piperazine rings is 1. The summed E-state index contributed by atoms with van der Waals surface area (Å²) >= 11 is 7.91. The van der Waals surface area contributed by atoms with E-state index >= 15 is 0 Å². The number of halogens is 1. The summed E-state index contributed by atoms with van der Waals surface area (Å²) in [4.78, 5) is 21.9. The number of hydrogen-bond acceptors (Lipinski definition) is 7. The molecule has 1 N–H and O–H groups in total. The van der Waals surface area contributed by atoms with Gasteiger partial charge in [-0.25, -0.2) is 13.4 Å². The number of rotatable bonds is 7. The van der Waals surface area contributed by atoms with E-state index in [1.165, 1.54) is 12.1 Å². The number of aromatic nitrogens is 1. The van der Waals surface area contributed by atoms with E-state index < -0.39 is 9.84 Å². The van der Waals surface area contributed by atoms with Crippen molar-refractivity contribution in [1.29, 1.82) is 0 Å². The van der Waals surface area contributed by atoms with Crippen molar-refractivity contribution < 1.29 is 13.2 Å². The lowest BCUT2D eigenvalue weighted by Gasteiger charge is -2.34. The van der Waals surface area contributed by atoms with Crippen molar-refractivity contribution in [3.63, 3.8) is 0 Å². The van der Waals surface area contributed by atoms with Crippen LogP contribution in [0.15, 0.2) is 47.4 Å². The van der Waals surface area contributed by atoms with E-state index in [0.29, 0.717) is 17.1 Å². The summed E-state index contributed by atoms with van der Waals surface area (Å²) in [7, 11) is -3.34. The molecule has 1 aromatic heterocycles. The fraction of sp³-hybridized carbons (Fsp3) is 0.364. The van der Waals surface area contributed by atoms with Gasteiger partial charge in [0.1, 0.15) is 5.52 Å². The molecule has 7 nitrogen and oxygen atoms in total. The molecule has 0 unspecified atom stereocenters. The molecule has 0 aliphatic carbocycles. The van der Waals surface area contributed by atoms with Crippen molar-refractivity contribution in [1.82, 2.24) is 15.2 Å². The fourth-order valence-corrected chi connectivity index (χ4v) is 5.87. The summed E-state index contributed by atoms with van der Waals surface area (Å²) in [5.74, 6) is -0.253. The van der Waals surface area contributed by atoms with Crippen LogP contribution in [0.2, 0.25) is 5.02 Å². The molecule has 4 rings (SSSR count). The van der Waals surface area contributed by atoms with Crippen molar-refractivity contribution in [3.8, 4) is 0 Å². The molecule has 0 bridgehead atoms. The van der Waals surface area contributed by atoms with Gasteiger partial charge >= 0.3 is 0 Å². The summed E-state index contributed by atoms with van der Waals surface area (Å²) in [5, 5.41) is 4.56. The first-order valence-corrected chi connectivity index (χ1v) is 13.4. The average molecular weight is 493 g/mol. The van der Waals surface area contributed by atoms with E-state index in [-0.39, 0.29) is 16.6 Å². The van der Waals surface area contributed by atoms with Gasteiger partial charge in [0.05, 0.1) is 20.4 Å². The Balaban J connectivity index is 1.27. The molecule has 10 heteroatoms. The standard InChI is InChI=1S/C22H25ClN4O3S2/c1-2-32(29,30)17-6-3-5-16(15-17)21(28)24-9-10-26-11-13-27(14-12-26)22-25-20-18(23)7-4-8-19(20)31-22/h3-8,15H,2,9-14H2,1H3,(H,24,28). The number of thiazole rings is 1. The third-order valence-electron chi connectivity index (χ3n) is 5.55. The second kappa shape index (κ2) is 9.74. The van der Waals surface area contributed by atoms with Crippen LogP contribution in [0.4, 0.5) is 5.13 Å². The largest absolute Gasteiger partial charge is 0.351 e. The van der Waals surface area contributed by atoms with Crippen LogP contribution in [0.5, 0.6) is 0 Å². The molecule has 0 radical (unpaired) electrons. The summed E-state index contributed by atoms with van der Waals surface area (Å²) < 4.78 is 25.2. The highest BCUT2D eigenvalue weighted by molar-refractivity contribution is 7.91. The van der Waals surface area contributed by atoms with Crippen LogP contribution in [0.25, 0.3) is 10.2 Å². The van der Waals surface area contributed by atoms with Gasteiger partial charge in [-0.3, -0.25) is 9.69 Å². The minimum atomic E-state index is -3.34. The molecule has 1 saturated heterocycles. The van der Waals surface area contributed by atoms with E-state index in [9.17, 15) is 13.2 Å². The highest BCUT2D eigenvalue weighted by Crippen LogP contribution is 2.33. The van der Waals surface area contributed by atoms with Crippen LogP contribution in [-0.4, -0.2) is 69.2 Å². The molecule has 2 aromatic carbocycles. The fourth-order valence-electron chi connectivity index (χ4n) is 3.63. The van der Waals surface area contributed by atoms with Crippen molar-refractivity contribution in [3.05, 3.63) is 53.1 Å². The highest BCUT2D eigenvalue weighted by Gasteiger charge is 2.20. The molecule has 0 atom stereocenters. The molecule has 2 heterocycles. The Morgan fingerprint density at radius 3 is 2.62 bits per heavy atom. The molecule has 0 spiro atoms. The molecule has 3 aromatic rings. The summed E-state index contributed by atoms with van der Waals surface area (Å²) in [6.45, 7) is 6.31. The normalized spacial score (nSPS) is 15.2. The van der Waals surface area contributed by atoms with Crippen LogP contribution in [-0.2, 0) is 9.84 Å². The zero-order valence-electron chi connectivity index (χ0n) is 17.8. The van der Waals surface area contributed by atoms with Crippen LogP contribution in [0, 0.1) is 0 Å². The SMILES string of the molecule is CCS(=O)(=O)c1cccc(C(=O)NCCN2CCN(c3nc4c(Cl)cccc4s3)CC2)c1. The summed E-state index contributed by atoms with van der Waals surface area (Å²) in [5.41, 5.74) is 1.22. The molecule has 32 heavy (non-hydrogen) atoms. The van der Waals surface area contributed by atoms with E-state index in [1.807, 2.05) is 18.2 Å². The lowest BCUT2D eigenvalue weighted by atomic mass is 10.2. The molecular weight excluding hydrogens is 468 g/mol. The van der Waals surface area contributed by atoms with Gasteiger partial charge in [-0.05, 0) is 30.3 Å². The summed E-state index contributed by atoms with van der Waals surface area (Å²) in [6.07, 6.45) is 0. The Morgan fingerprint density at radius 1 is 1.16 bits per heavy atom. The van der Waals surface area contributed by atoms with Gasteiger partial charge in [-0.2, -0.15) is 0 Å². The zero-order valence-corrected chi connectivity index (χ0v) is 20.1. The number of fused-ring (bicyclic) bond motifs is 1. The van der Waals surface area contributed by atoms with E-state index in [1.54, 1.807) is 30.4 Å². The van der Waals surface area contributed by atoms with Gasteiger partial charge in [0.15, 0.2) is 15.0 Å².